The van der Waals surface area contributed by atoms with Crippen LogP contribution in [-0.2, 0) is 14.9 Å². The molecule has 0 saturated heterocycles. The summed E-state index contributed by atoms with van der Waals surface area (Å²) >= 11 is 4.30. The highest BCUT2D eigenvalue weighted by Gasteiger charge is 2.21. The zero-order valence-corrected chi connectivity index (χ0v) is 16.4. The Morgan fingerprint density at radius 3 is 2.65 bits per heavy atom. The average Bonchev–Trinajstić information content (AvgIpc) is 2.63. The number of hydrogen-bond acceptors (Lipinski definition) is 8. The molecule has 2 N–H and O–H groups in total. The van der Waals surface area contributed by atoms with E-state index in [9.17, 15) is 13.2 Å². The van der Waals surface area contributed by atoms with Crippen molar-refractivity contribution in [2.24, 2.45) is 4.99 Å². The number of halogens is 1. The van der Waals surface area contributed by atoms with E-state index in [4.69, 9.17) is 4.18 Å². The third-order valence-electron chi connectivity index (χ3n) is 3.15. The molecule has 1 heterocycles. The fourth-order valence-electron chi connectivity index (χ4n) is 1.94. The SMILES string of the molecule is COC(=O)NC1=Nc2ccc(S(=O)(=O)Oc3ccc(Br)cc3)cc2NS1. The number of fused-ring (bicyclic) bond motifs is 1. The summed E-state index contributed by atoms with van der Waals surface area (Å²) in [4.78, 5) is 15.4. The van der Waals surface area contributed by atoms with Crippen molar-refractivity contribution in [3.8, 4) is 5.75 Å². The van der Waals surface area contributed by atoms with Gasteiger partial charge in [0.25, 0.3) is 0 Å². The van der Waals surface area contributed by atoms with Crippen molar-refractivity contribution in [3.63, 3.8) is 0 Å². The number of anilines is 1. The highest BCUT2D eigenvalue weighted by Crippen LogP contribution is 2.35. The van der Waals surface area contributed by atoms with Crippen LogP contribution in [0.15, 0.2) is 56.8 Å². The second-order valence-electron chi connectivity index (χ2n) is 4.91. The molecule has 0 radical (unpaired) electrons. The van der Waals surface area contributed by atoms with Crippen molar-refractivity contribution in [1.82, 2.24) is 5.32 Å². The Bertz CT molecular complexity index is 977. The highest BCUT2D eigenvalue weighted by atomic mass is 79.9. The normalized spacial score (nSPS) is 13.1. The average molecular weight is 458 g/mol. The van der Waals surface area contributed by atoms with E-state index in [1.165, 1.54) is 25.3 Å². The van der Waals surface area contributed by atoms with Gasteiger partial charge >= 0.3 is 16.2 Å². The van der Waals surface area contributed by atoms with E-state index < -0.39 is 16.2 Å². The van der Waals surface area contributed by atoms with Gasteiger partial charge in [-0.1, -0.05) is 15.9 Å². The van der Waals surface area contributed by atoms with E-state index in [1.807, 2.05) is 0 Å². The molecule has 0 aromatic heterocycles. The number of nitrogens with one attached hydrogen (secondary N) is 2. The molecular weight excluding hydrogens is 446 g/mol. The number of alkyl carbamates (subject to hydrolysis) is 1. The van der Waals surface area contributed by atoms with Crippen LogP contribution in [0.1, 0.15) is 0 Å². The van der Waals surface area contributed by atoms with E-state index >= 15 is 0 Å². The van der Waals surface area contributed by atoms with Gasteiger partial charge in [0.15, 0.2) is 5.17 Å². The molecule has 1 amide bonds. The Hall–Kier alpha value is -2.24. The Kier molecular flexibility index (Phi) is 5.39. The number of ether oxygens (including phenoxy) is 1. The molecule has 2 aromatic carbocycles. The number of nitrogens with zero attached hydrogens (tertiary/aromatic N) is 1. The predicted molar refractivity (Wildman–Crippen MR) is 102 cm³/mol. The first-order valence-electron chi connectivity index (χ1n) is 7.08. The van der Waals surface area contributed by atoms with Gasteiger partial charge in [-0.2, -0.15) is 8.42 Å². The van der Waals surface area contributed by atoms with Crippen LogP contribution in [0.2, 0.25) is 0 Å². The maximum Gasteiger partial charge on any atom is 0.412 e. The number of methoxy groups -OCH3 is 1. The van der Waals surface area contributed by atoms with Crippen molar-refractivity contribution >= 4 is 60.6 Å². The fraction of sp³-hybridized carbons (Fsp3) is 0.0667. The van der Waals surface area contributed by atoms with Gasteiger partial charge in [0, 0.05) is 16.4 Å². The maximum absolute atomic E-state index is 12.4. The second-order valence-corrected chi connectivity index (χ2v) is 8.16. The fourth-order valence-corrected chi connectivity index (χ4v) is 3.81. The van der Waals surface area contributed by atoms with Crippen LogP contribution in [0.25, 0.3) is 0 Å². The van der Waals surface area contributed by atoms with E-state index in [1.54, 1.807) is 24.3 Å². The smallest absolute Gasteiger partial charge is 0.412 e. The zero-order chi connectivity index (χ0) is 18.7. The van der Waals surface area contributed by atoms with Crippen molar-refractivity contribution in [2.75, 3.05) is 11.8 Å². The van der Waals surface area contributed by atoms with E-state index in [-0.39, 0.29) is 15.8 Å². The van der Waals surface area contributed by atoms with Gasteiger partial charge in [-0.05, 0) is 42.5 Å². The van der Waals surface area contributed by atoms with E-state index in [0.29, 0.717) is 11.4 Å². The summed E-state index contributed by atoms with van der Waals surface area (Å²) in [6.45, 7) is 0. The van der Waals surface area contributed by atoms with Crippen LogP contribution in [0.3, 0.4) is 0 Å². The quantitative estimate of drug-likeness (QED) is 0.535. The summed E-state index contributed by atoms with van der Waals surface area (Å²) < 4.78 is 38.2. The van der Waals surface area contributed by atoms with Crippen molar-refractivity contribution < 1.29 is 22.1 Å². The van der Waals surface area contributed by atoms with E-state index in [2.05, 4.69) is 35.7 Å². The molecule has 0 atom stereocenters. The van der Waals surface area contributed by atoms with Gasteiger partial charge in [-0.15, -0.1) is 0 Å². The molecule has 0 fully saturated rings. The lowest BCUT2D eigenvalue weighted by molar-refractivity contribution is 0.177. The molecule has 0 spiro atoms. The Morgan fingerprint density at radius 2 is 1.96 bits per heavy atom. The lowest BCUT2D eigenvalue weighted by Gasteiger charge is -2.17. The van der Waals surface area contributed by atoms with Crippen molar-refractivity contribution in [1.29, 1.82) is 0 Å². The number of amides is 1. The van der Waals surface area contributed by atoms with Crippen LogP contribution in [0.5, 0.6) is 5.75 Å². The molecule has 0 unspecified atom stereocenters. The number of amidine groups is 1. The summed E-state index contributed by atoms with van der Waals surface area (Å²) in [5.41, 5.74) is 0.948. The number of rotatable bonds is 3. The standard InChI is InChI=1S/C15H12BrN3O5S2/c1-23-15(20)18-14-17-12-7-6-11(8-13(12)19-25-14)26(21,22)24-10-4-2-9(16)3-5-10/h2-8,19H,1H3,(H,17,18,20). The lowest BCUT2D eigenvalue weighted by Crippen LogP contribution is -2.29. The highest BCUT2D eigenvalue weighted by molar-refractivity contribution is 9.10. The predicted octanol–water partition coefficient (Wildman–Crippen LogP) is 3.63. The summed E-state index contributed by atoms with van der Waals surface area (Å²) in [5, 5.41) is 2.72. The van der Waals surface area contributed by atoms with Crippen LogP contribution >= 0.6 is 27.9 Å². The Labute approximate surface area is 162 Å². The zero-order valence-electron chi connectivity index (χ0n) is 13.2. The first kappa shape index (κ1) is 18.5. The van der Waals surface area contributed by atoms with Crippen LogP contribution in [0.4, 0.5) is 16.2 Å². The molecule has 0 aliphatic carbocycles. The number of aliphatic imine (C=N–C) groups is 1. The van der Waals surface area contributed by atoms with Crippen molar-refractivity contribution in [2.45, 2.75) is 4.90 Å². The molecule has 26 heavy (non-hydrogen) atoms. The minimum atomic E-state index is -4.00. The minimum absolute atomic E-state index is 0.0214. The third-order valence-corrected chi connectivity index (χ3v) is 5.63. The first-order chi connectivity index (χ1) is 12.4. The monoisotopic (exact) mass is 457 g/mol. The van der Waals surface area contributed by atoms with Crippen molar-refractivity contribution in [3.05, 3.63) is 46.9 Å². The third kappa shape index (κ3) is 4.29. The molecule has 0 bridgehead atoms. The molecule has 8 nitrogen and oxygen atoms in total. The van der Waals surface area contributed by atoms with Crippen LogP contribution in [-0.4, -0.2) is 26.8 Å². The molecule has 3 rings (SSSR count). The van der Waals surface area contributed by atoms with Gasteiger partial charge in [-0.25, -0.2) is 9.79 Å². The Morgan fingerprint density at radius 1 is 1.23 bits per heavy atom. The molecule has 0 saturated carbocycles. The number of carbonyl (C=O) groups excluding carboxylic acids is 1. The lowest BCUT2D eigenvalue weighted by atomic mass is 10.3. The molecule has 136 valence electrons. The van der Waals surface area contributed by atoms with Gasteiger partial charge < -0.3 is 13.6 Å². The van der Waals surface area contributed by atoms with Crippen LogP contribution in [0, 0.1) is 0 Å². The molecule has 2 aromatic rings. The first-order valence-corrected chi connectivity index (χ1v) is 10.1. The molecule has 1 aliphatic rings. The summed E-state index contributed by atoms with van der Waals surface area (Å²) in [6.07, 6.45) is -0.649. The summed E-state index contributed by atoms with van der Waals surface area (Å²) in [6, 6.07) is 10.8. The molecule has 1 aliphatic heterocycles. The van der Waals surface area contributed by atoms with Gasteiger partial charge in [-0.3, -0.25) is 5.32 Å². The molecular formula is C15H12BrN3O5S2. The Balaban J connectivity index is 1.83. The van der Waals surface area contributed by atoms with E-state index in [0.717, 1.165) is 16.4 Å². The maximum atomic E-state index is 12.4. The second kappa shape index (κ2) is 7.56. The van der Waals surface area contributed by atoms with Gasteiger partial charge in [0.05, 0.1) is 18.5 Å². The summed E-state index contributed by atoms with van der Waals surface area (Å²) in [5.74, 6) is 0.204. The summed E-state index contributed by atoms with van der Waals surface area (Å²) in [7, 11) is -2.76. The number of carbonyl (C=O) groups is 1. The number of hydrogen-bond donors (Lipinski definition) is 2. The van der Waals surface area contributed by atoms with Crippen LogP contribution < -0.4 is 14.2 Å². The largest absolute Gasteiger partial charge is 0.453 e. The molecule has 11 heteroatoms. The minimum Gasteiger partial charge on any atom is -0.453 e. The van der Waals surface area contributed by atoms with Gasteiger partial charge in [0.1, 0.15) is 10.6 Å². The number of benzene rings is 2. The topological polar surface area (TPSA) is 106 Å². The van der Waals surface area contributed by atoms with Gasteiger partial charge in [0.2, 0.25) is 0 Å².